The number of nitrogens with two attached hydrogens (primary N) is 1. The molecular formula is C55H108NO8P. The maximum Gasteiger partial charge on any atom is 0.472 e. The highest BCUT2D eigenvalue weighted by atomic mass is 31.2. The van der Waals surface area contributed by atoms with Crippen molar-refractivity contribution in [3.63, 3.8) is 0 Å². The van der Waals surface area contributed by atoms with Crippen molar-refractivity contribution in [3.8, 4) is 0 Å². The Morgan fingerprint density at radius 3 is 1.12 bits per heavy atom. The van der Waals surface area contributed by atoms with Gasteiger partial charge in [-0.25, -0.2) is 4.57 Å². The Bertz CT molecular complexity index is 1070. The third kappa shape index (κ3) is 52.0. The minimum absolute atomic E-state index is 0.0550. The quantitative estimate of drug-likeness (QED) is 0.0264. The molecule has 0 heterocycles. The fourth-order valence-corrected chi connectivity index (χ4v) is 9.22. The van der Waals surface area contributed by atoms with Crippen molar-refractivity contribution in [3.05, 3.63) is 12.2 Å². The van der Waals surface area contributed by atoms with Crippen molar-refractivity contribution in [1.29, 1.82) is 0 Å². The summed E-state index contributed by atoms with van der Waals surface area (Å²) < 4.78 is 32.9. The van der Waals surface area contributed by atoms with Gasteiger partial charge in [-0.15, -0.1) is 0 Å². The highest BCUT2D eigenvalue weighted by Gasteiger charge is 2.26. The Kier molecular flexibility index (Phi) is 51.1. The van der Waals surface area contributed by atoms with Gasteiger partial charge in [0.25, 0.3) is 0 Å². The molecule has 0 radical (unpaired) electrons. The standard InChI is InChI=1S/C55H108NO8P/c1-3-5-7-9-11-13-15-17-18-19-20-21-22-23-24-25-26-27-28-29-30-31-32-33-34-35-36-38-39-41-43-45-47-54(57)61-51-53(52-63-65(59,60)62-50-49-56)64-55(58)48-46-44-42-40-37-16-14-12-10-8-6-4-2/h12,14,53H,3-11,13,15-52,56H2,1-2H3,(H,59,60)/b14-12-. The molecule has 9 nitrogen and oxygen atoms in total. The first-order chi connectivity index (χ1) is 31.8. The maximum atomic E-state index is 12.6. The van der Waals surface area contributed by atoms with Gasteiger partial charge in [-0.3, -0.25) is 18.6 Å². The first-order valence-electron chi connectivity index (χ1n) is 28.2. The summed E-state index contributed by atoms with van der Waals surface area (Å²) in [6.07, 6.45) is 58.7. The first kappa shape index (κ1) is 63.8. The van der Waals surface area contributed by atoms with Crippen LogP contribution in [0.25, 0.3) is 0 Å². The van der Waals surface area contributed by atoms with Gasteiger partial charge >= 0.3 is 19.8 Å². The van der Waals surface area contributed by atoms with Gasteiger partial charge in [0.1, 0.15) is 6.61 Å². The zero-order chi connectivity index (χ0) is 47.4. The zero-order valence-electron chi connectivity index (χ0n) is 43.0. The van der Waals surface area contributed by atoms with Crippen molar-refractivity contribution in [2.45, 2.75) is 302 Å². The molecule has 0 fully saturated rings. The van der Waals surface area contributed by atoms with E-state index in [0.717, 1.165) is 57.8 Å². The Labute approximate surface area is 402 Å². The zero-order valence-corrected chi connectivity index (χ0v) is 43.9. The van der Waals surface area contributed by atoms with Crippen LogP contribution in [0.4, 0.5) is 0 Å². The van der Waals surface area contributed by atoms with Gasteiger partial charge in [-0.1, -0.05) is 257 Å². The van der Waals surface area contributed by atoms with Crippen molar-refractivity contribution in [1.82, 2.24) is 0 Å². The van der Waals surface area contributed by atoms with Crippen molar-refractivity contribution >= 4 is 19.8 Å². The van der Waals surface area contributed by atoms with Crippen LogP contribution in [0.2, 0.25) is 0 Å². The van der Waals surface area contributed by atoms with E-state index < -0.39 is 26.5 Å². The molecule has 3 N–H and O–H groups in total. The lowest BCUT2D eigenvalue weighted by Gasteiger charge is -2.19. The van der Waals surface area contributed by atoms with E-state index in [1.165, 1.54) is 205 Å². The van der Waals surface area contributed by atoms with Gasteiger partial charge in [0.05, 0.1) is 13.2 Å². The molecule has 0 aliphatic rings. The maximum absolute atomic E-state index is 12.6. The van der Waals surface area contributed by atoms with Crippen LogP contribution in [0.5, 0.6) is 0 Å². The third-order valence-electron chi connectivity index (χ3n) is 12.7. The second-order valence-corrected chi connectivity index (χ2v) is 20.6. The summed E-state index contributed by atoms with van der Waals surface area (Å²) in [5.41, 5.74) is 5.36. The Morgan fingerprint density at radius 2 is 0.754 bits per heavy atom. The number of esters is 2. The summed E-state index contributed by atoms with van der Waals surface area (Å²) in [6.45, 7) is 3.75. The van der Waals surface area contributed by atoms with Crippen LogP contribution in [0.1, 0.15) is 296 Å². The van der Waals surface area contributed by atoms with E-state index in [1.54, 1.807) is 0 Å². The van der Waals surface area contributed by atoms with E-state index in [1.807, 2.05) is 0 Å². The van der Waals surface area contributed by atoms with E-state index in [4.69, 9.17) is 24.3 Å². The molecule has 0 saturated carbocycles. The molecule has 0 aliphatic carbocycles. The number of hydrogen-bond acceptors (Lipinski definition) is 8. The van der Waals surface area contributed by atoms with Gasteiger partial charge < -0.3 is 20.1 Å². The molecule has 386 valence electrons. The summed E-state index contributed by atoms with van der Waals surface area (Å²) in [6, 6.07) is 0. The number of hydrogen-bond donors (Lipinski definition) is 2. The van der Waals surface area contributed by atoms with Crippen LogP contribution >= 0.6 is 7.82 Å². The van der Waals surface area contributed by atoms with Crippen LogP contribution in [0, 0.1) is 0 Å². The van der Waals surface area contributed by atoms with Gasteiger partial charge in [0.2, 0.25) is 0 Å². The fourth-order valence-electron chi connectivity index (χ4n) is 8.46. The summed E-state index contributed by atoms with van der Waals surface area (Å²) >= 11 is 0. The molecule has 2 unspecified atom stereocenters. The summed E-state index contributed by atoms with van der Waals surface area (Å²) in [5, 5.41) is 0. The van der Waals surface area contributed by atoms with E-state index in [-0.39, 0.29) is 38.6 Å². The number of phosphoric ester groups is 1. The van der Waals surface area contributed by atoms with Gasteiger partial charge in [-0.05, 0) is 38.5 Å². The average Bonchev–Trinajstić information content (AvgIpc) is 3.30. The molecule has 0 spiro atoms. The summed E-state index contributed by atoms with van der Waals surface area (Å²) in [4.78, 5) is 35.0. The van der Waals surface area contributed by atoms with Crippen LogP contribution < -0.4 is 5.73 Å². The molecule has 0 amide bonds. The second kappa shape index (κ2) is 52.1. The number of unbranched alkanes of at least 4 members (excludes halogenated alkanes) is 39. The molecule has 0 bridgehead atoms. The van der Waals surface area contributed by atoms with Crippen molar-refractivity contribution in [2.24, 2.45) is 5.73 Å². The number of rotatable bonds is 54. The average molecular weight is 942 g/mol. The first-order valence-corrected chi connectivity index (χ1v) is 29.7. The van der Waals surface area contributed by atoms with Gasteiger partial charge in [0.15, 0.2) is 6.10 Å². The van der Waals surface area contributed by atoms with E-state index in [2.05, 4.69) is 26.0 Å². The molecule has 2 atom stereocenters. The summed E-state index contributed by atoms with van der Waals surface area (Å²) in [5.74, 6) is -0.824. The molecule has 0 aromatic carbocycles. The second-order valence-electron chi connectivity index (χ2n) is 19.2. The predicted molar refractivity (Wildman–Crippen MR) is 275 cm³/mol. The fraction of sp³-hybridized carbons (Fsp3) is 0.927. The third-order valence-corrected chi connectivity index (χ3v) is 13.6. The SMILES string of the molecule is CCCCC/C=C\CCCCCCCC(=O)OC(COC(=O)CCCCCCCCCCCCCCCCCCCCCCCCCCCCCCCCCC)COP(=O)(O)OCCN. The highest BCUT2D eigenvalue weighted by Crippen LogP contribution is 2.43. The van der Waals surface area contributed by atoms with Crippen LogP contribution in [0.15, 0.2) is 12.2 Å². The lowest BCUT2D eigenvalue weighted by atomic mass is 10.0. The molecule has 65 heavy (non-hydrogen) atoms. The Balaban J connectivity index is 3.77. The molecular weight excluding hydrogens is 834 g/mol. The smallest absolute Gasteiger partial charge is 0.462 e. The lowest BCUT2D eigenvalue weighted by molar-refractivity contribution is -0.161. The van der Waals surface area contributed by atoms with Gasteiger partial charge in [0, 0.05) is 19.4 Å². The number of allylic oxidation sites excluding steroid dienone is 2. The molecule has 0 saturated heterocycles. The minimum atomic E-state index is -4.38. The minimum Gasteiger partial charge on any atom is -0.462 e. The van der Waals surface area contributed by atoms with E-state index in [9.17, 15) is 19.0 Å². The highest BCUT2D eigenvalue weighted by molar-refractivity contribution is 7.47. The van der Waals surface area contributed by atoms with Crippen molar-refractivity contribution in [2.75, 3.05) is 26.4 Å². The number of phosphoric acid groups is 1. The Morgan fingerprint density at radius 1 is 0.446 bits per heavy atom. The largest absolute Gasteiger partial charge is 0.472 e. The van der Waals surface area contributed by atoms with E-state index >= 15 is 0 Å². The lowest BCUT2D eigenvalue weighted by Crippen LogP contribution is -2.29. The monoisotopic (exact) mass is 942 g/mol. The van der Waals surface area contributed by atoms with Crippen LogP contribution in [-0.4, -0.2) is 49.3 Å². The Hall–Kier alpha value is -1.25. The topological polar surface area (TPSA) is 134 Å². The molecule has 10 heteroatoms. The van der Waals surface area contributed by atoms with Crippen molar-refractivity contribution < 1.29 is 37.6 Å². The summed E-state index contributed by atoms with van der Waals surface area (Å²) in [7, 11) is -4.38. The molecule has 0 rings (SSSR count). The van der Waals surface area contributed by atoms with E-state index in [0.29, 0.717) is 6.42 Å². The van der Waals surface area contributed by atoms with Gasteiger partial charge in [-0.2, -0.15) is 0 Å². The number of carbonyl (C=O) groups excluding carboxylic acids is 2. The number of ether oxygens (including phenoxy) is 2. The molecule has 0 aromatic rings. The molecule has 0 aromatic heterocycles. The normalized spacial score (nSPS) is 13.1. The van der Waals surface area contributed by atoms with Crippen LogP contribution in [-0.2, 0) is 32.7 Å². The van der Waals surface area contributed by atoms with Crippen LogP contribution in [0.3, 0.4) is 0 Å². The number of carbonyl (C=O) groups is 2. The predicted octanol–water partition coefficient (Wildman–Crippen LogP) is 17.3. The molecule has 0 aliphatic heterocycles.